The van der Waals surface area contributed by atoms with Gasteiger partial charge in [-0.05, 0) is 43.0 Å². The number of thioether (sulfide) groups is 1. The normalized spacial score (nSPS) is 19.4. The SMILES string of the molecule is CC(C)CNCc1ccc(SC2CCCCNC2=O)cc1. The summed E-state index contributed by atoms with van der Waals surface area (Å²) in [4.78, 5) is 13.1. The average Bonchev–Trinajstić information content (AvgIpc) is 2.66. The molecule has 1 amide bonds. The first kappa shape index (κ1) is 16.4. The van der Waals surface area contributed by atoms with E-state index in [0.717, 1.165) is 38.9 Å². The lowest BCUT2D eigenvalue weighted by Crippen LogP contribution is -2.30. The molecule has 1 aromatic carbocycles. The van der Waals surface area contributed by atoms with Crippen molar-refractivity contribution in [3.8, 4) is 0 Å². The van der Waals surface area contributed by atoms with Crippen molar-refractivity contribution in [3.63, 3.8) is 0 Å². The third kappa shape index (κ3) is 5.71. The van der Waals surface area contributed by atoms with Gasteiger partial charge in [0.25, 0.3) is 0 Å². The lowest BCUT2D eigenvalue weighted by molar-refractivity contribution is -0.120. The van der Waals surface area contributed by atoms with Crippen LogP contribution in [-0.4, -0.2) is 24.2 Å². The smallest absolute Gasteiger partial charge is 0.233 e. The first-order valence-corrected chi connectivity index (χ1v) is 8.77. The summed E-state index contributed by atoms with van der Waals surface area (Å²) in [7, 11) is 0. The zero-order chi connectivity index (χ0) is 15.1. The maximum atomic E-state index is 11.9. The van der Waals surface area contributed by atoms with Gasteiger partial charge in [-0.15, -0.1) is 11.8 Å². The fourth-order valence-electron chi connectivity index (χ4n) is 2.38. The molecule has 0 spiro atoms. The molecule has 4 heteroatoms. The summed E-state index contributed by atoms with van der Waals surface area (Å²) in [6, 6.07) is 8.58. The van der Waals surface area contributed by atoms with Gasteiger partial charge in [0.15, 0.2) is 0 Å². The van der Waals surface area contributed by atoms with Crippen molar-refractivity contribution >= 4 is 17.7 Å². The molecule has 0 aromatic heterocycles. The molecule has 1 aromatic rings. The van der Waals surface area contributed by atoms with E-state index in [1.165, 1.54) is 10.5 Å². The first-order valence-electron chi connectivity index (χ1n) is 7.89. The zero-order valence-electron chi connectivity index (χ0n) is 13.0. The van der Waals surface area contributed by atoms with Gasteiger partial charge in [-0.25, -0.2) is 0 Å². The number of carbonyl (C=O) groups excluding carboxylic acids is 1. The Morgan fingerprint density at radius 1 is 1.29 bits per heavy atom. The quantitative estimate of drug-likeness (QED) is 0.848. The van der Waals surface area contributed by atoms with Crippen molar-refractivity contribution in [3.05, 3.63) is 29.8 Å². The summed E-state index contributed by atoms with van der Waals surface area (Å²) in [5, 5.41) is 6.51. The highest BCUT2D eigenvalue weighted by atomic mass is 32.2. The van der Waals surface area contributed by atoms with Crippen LogP contribution in [-0.2, 0) is 11.3 Å². The van der Waals surface area contributed by atoms with Crippen LogP contribution in [0.15, 0.2) is 29.2 Å². The average molecular weight is 306 g/mol. The molecule has 0 bridgehead atoms. The maximum absolute atomic E-state index is 11.9. The Morgan fingerprint density at radius 2 is 2.05 bits per heavy atom. The number of hydrogen-bond acceptors (Lipinski definition) is 3. The Kier molecular flexibility index (Phi) is 6.58. The molecule has 1 heterocycles. The van der Waals surface area contributed by atoms with E-state index in [-0.39, 0.29) is 11.2 Å². The third-order valence-electron chi connectivity index (χ3n) is 3.57. The van der Waals surface area contributed by atoms with E-state index in [0.29, 0.717) is 5.92 Å². The summed E-state index contributed by atoms with van der Waals surface area (Å²) < 4.78 is 0. The molecule has 116 valence electrons. The molecular weight excluding hydrogens is 280 g/mol. The van der Waals surface area contributed by atoms with E-state index >= 15 is 0 Å². The van der Waals surface area contributed by atoms with Gasteiger partial charge in [0.05, 0.1) is 5.25 Å². The Morgan fingerprint density at radius 3 is 2.76 bits per heavy atom. The molecule has 2 rings (SSSR count). The summed E-state index contributed by atoms with van der Waals surface area (Å²) >= 11 is 1.69. The van der Waals surface area contributed by atoms with Gasteiger partial charge in [0.1, 0.15) is 0 Å². The Labute approximate surface area is 132 Å². The molecule has 1 saturated heterocycles. The van der Waals surface area contributed by atoms with Crippen LogP contribution < -0.4 is 10.6 Å². The van der Waals surface area contributed by atoms with Crippen molar-refractivity contribution in [2.45, 2.75) is 49.8 Å². The third-order valence-corrected chi connectivity index (χ3v) is 4.85. The van der Waals surface area contributed by atoms with Gasteiger partial charge in [-0.3, -0.25) is 4.79 Å². The Bertz CT molecular complexity index is 445. The van der Waals surface area contributed by atoms with Gasteiger partial charge < -0.3 is 10.6 Å². The van der Waals surface area contributed by atoms with E-state index in [2.05, 4.69) is 48.7 Å². The van der Waals surface area contributed by atoms with E-state index < -0.39 is 0 Å². The first-order chi connectivity index (χ1) is 10.1. The number of amides is 1. The van der Waals surface area contributed by atoms with Crippen molar-refractivity contribution in [1.82, 2.24) is 10.6 Å². The number of rotatable bonds is 6. The Hall–Kier alpha value is -1.00. The van der Waals surface area contributed by atoms with Crippen LogP contribution in [0.3, 0.4) is 0 Å². The summed E-state index contributed by atoms with van der Waals surface area (Å²) in [6.07, 6.45) is 3.21. The number of carbonyl (C=O) groups is 1. The van der Waals surface area contributed by atoms with Crippen molar-refractivity contribution in [2.24, 2.45) is 5.92 Å². The monoisotopic (exact) mass is 306 g/mol. The lowest BCUT2D eigenvalue weighted by atomic mass is 10.2. The highest BCUT2D eigenvalue weighted by Crippen LogP contribution is 2.28. The van der Waals surface area contributed by atoms with Crippen molar-refractivity contribution in [2.75, 3.05) is 13.1 Å². The molecule has 1 atom stereocenters. The molecule has 21 heavy (non-hydrogen) atoms. The molecule has 0 aliphatic carbocycles. The maximum Gasteiger partial charge on any atom is 0.233 e. The minimum absolute atomic E-state index is 0.0671. The van der Waals surface area contributed by atoms with Crippen molar-refractivity contribution in [1.29, 1.82) is 0 Å². The molecule has 1 aliphatic rings. The largest absolute Gasteiger partial charge is 0.355 e. The van der Waals surface area contributed by atoms with Gasteiger partial charge in [-0.1, -0.05) is 32.4 Å². The second-order valence-corrected chi connectivity index (χ2v) is 7.34. The Balaban J connectivity index is 1.85. The second-order valence-electron chi connectivity index (χ2n) is 6.06. The summed E-state index contributed by atoms with van der Waals surface area (Å²) in [6.45, 7) is 7.21. The number of hydrogen-bond donors (Lipinski definition) is 2. The predicted molar refractivity (Wildman–Crippen MR) is 89.5 cm³/mol. The van der Waals surface area contributed by atoms with Crippen LogP contribution in [0.1, 0.15) is 38.7 Å². The van der Waals surface area contributed by atoms with Gasteiger partial charge in [0.2, 0.25) is 5.91 Å². The van der Waals surface area contributed by atoms with E-state index in [1.807, 2.05) is 0 Å². The van der Waals surface area contributed by atoms with Crippen LogP contribution in [0, 0.1) is 5.92 Å². The molecular formula is C17H26N2OS. The minimum Gasteiger partial charge on any atom is -0.355 e. The van der Waals surface area contributed by atoms with E-state index in [9.17, 15) is 4.79 Å². The minimum atomic E-state index is 0.0671. The van der Waals surface area contributed by atoms with E-state index in [1.54, 1.807) is 11.8 Å². The van der Waals surface area contributed by atoms with Crippen molar-refractivity contribution < 1.29 is 4.79 Å². The van der Waals surface area contributed by atoms with Crippen LogP contribution >= 0.6 is 11.8 Å². The second kappa shape index (κ2) is 8.44. The fourth-order valence-corrected chi connectivity index (χ4v) is 3.48. The van der Waals surface area contributed by atoms with Crippen LogP contribution in [0.25, 0.3) is 0 Å². The molecule has 3 nitrogen and oxygen atoms in total. The zero-order valence-corrected chi connectivity index (χ0v) is 13.8. The molecule has 0 radical (unpaired) electrons. The lowest BCUT2D eigenvalue weighted by Gasteiger charge is -2.13. The highest BCUT2D eigenvalue weighted by molar-refractivity contribution is 8.00. The van der Waals surface area contributed by atoms with Gasteiger partial charge >= 0.3 is 0 Å². The molecule has 1 fully saturated rings. The van der Waals surface area contributed by atoms with Crippen LogP contribution in [0.2, 0.25) is 0 Å². The summed E-state index contributed by atoms with van der Waals surface area (Å²) in [5.74, 6) is 0.869. The number of nitrogens with one attached hydrogen (secondary N) is 2. The van der Waals surface area contributed by atoms with E-state index in [4.69, 9.17) is 0 Å². The topological polar surface area (TPSA) is 41.1 Å². The van der Waals surface area contributed by atoms with Crippen LogP contribution in [0.4, 0.5) is 0 Å². The van der Waals surface area contributed by atoms with Crippen LogP contribution in [0.5, 0.6) is 0 Å². The van der Waals surface area contributed by atoms with Gasteiger partial charge in [-0.2, -0.15) is 0 Å². The molecule has 2 N–H and O–H groups in total. The standard InChI is InChI=1S/C17H26N2OS/c1-13(2)11-18-12-14-6-8-15(9-7-14)21-16-5-3-4-10-19-17(16)20/h6-9,13,16,18H,3-5,10-12H2,1-2H3,(H,19,20). The number of benzene rings is 1. The summed E-state index contributed by atoms with van der Waals surface area (Å²) in [5.41, 5.74) is 1.30. The molecule has 1 aliphatic heterocycles. The molecule has 0 saturated carbocycles. The molecule has 1 unspecified atom stereocenters. The predicted octanol–water partition coefficient (Wildman–Crippen LogP) is 3.19. The fraction of sp³-hybridized carbons (Fsp3) is 0.588. The highest BCUT2D eigenvalue weighted by Gasteiger charge is 2.21. The van der Waals surface area contributed by atoms with Gasteiger partial charge in [0, 0.05) is 18.0 Å².